The minimum absolute atomic E-state index is 0. The van der Waals surface area contributed by atoms with Crippen molar-refractivity contribution >= 4 is 41.3 Å². The summed E-state index contributed by atoms with van der Waals surface area (Å²) in [5.41, 5.74) is 3.55. The molecule has 6 heteroatoms. The van der Waals surface area contributed by atoms with Crippen LogP contribution < -0.4 is 5.32 Å². The number of nitriles is 1. The van der Waals surface area contributed by atoms with Gasteiger partial charge >= 0.3 is 0 Å². The minimum atomic E-state index is -0.617. The van der Waals surface area contributed by atoms with Crippen LogP contribution in [0.15, 0.2) is 42.5 Å². The molecule has 0 saturated carbocycles. The number of benzene rings is 2. The van der Waals surface area contributed by atoms with E-state index in [2.05, 4.69) is 11.4 Å². The third-order valence-electron chi connectivity index (χ3n) is 3.20. The predicted octanol–water partition coefficient (Wildman–Crippen LogP) is 4.24. The molecule has 122 valence electrons. The summed E-state index contributed by atoms with van der Waals surface area (Å²) in [5, 5.41) is 22.1. The minimum Gasteiger partial charge on any atom is -0.390 e. The van der Waals surface area contributed by atoms with Crippen molar-refractivity contribution in [2.45, 2.75) is 12.5 Å². The number of hydrogen-bond donors (Lipinski definition) is 2. The molecule has 0 spiro atoms. The van der Waals surface area contributed by atoms with E-state index < -0.39 is 6.10 Å². The summed E-state index contributed by atoms with van der Waals surface area (Å²) in [7, 11) is 0. The molecule has 1 atom stereocenters. The normalized spacial score (nSPS) is 11.2. The van der Waals surface area contributed by atoms with Crippen LogP contribution in [-0.2, 0) is 6.42 Å². The van der Waals surface area contributed by atoms with Gasteiger partial charge in [-0.05, 0) is 41.8 Å². The molecule has 0 saturated heterocycles. The molecule has 0 aliphatic rings. The Morgan fingerprint density at radius 2 is 1.91 bits per heavy atom. The SMILES string of the molecule is Cl.N#Cc1cccc(Cc2ccc(Cl)c(NCC(O)CCl)c2)c1. The standard InChI is InChI=1S/C17H16Cl2N2O.ClH/c18-9-15(22)11-21-17-8-13(4-5-16(17)19)6-12-2-1-3-14(7-12)10-20;/h1-5,7-8,15,21-22H,6,9,11H2;1H. The van der Waals surface area contributed by atoms with Crippen LogP contribution in [-0.4, -0.2) is 23.6 Å². The molecule has 2 aromatic rings. The van der Waals surface area contributed by atoms with E-state index in [1.807, 2.05) is 36.4 Å². The molecule has 0 aliphatic heterocycles. The molecular formula is C17H17Cl3N2O. The number of hydrogen-bond acceptors (Lipinski definition) is 3. The summed E-state index contributed by atoms with van der Waals surface area (Å²) in [5.74, 6) is 0.172. The van der Waals surface area contributed by atoms with E-state index in [-0.39, 0.29) is 18.3 Å². The van der Waals surface area contributed by atoms with Gasteiger partial charge in [0, 0.05) is 6.54 Å². The zero-order chi connectivity index (χ0) is 15.9. The Morgan fingerprint density at radius 3 is 2.61 bits per heavy atom. The molecule has 3 nitrogen and oxygen atoms in total. The number of nitrogens with one attached hydrogen (secondary N) is 1. The van der Waals surface area contributed by atoms with Gasteiger partial charge in [-0.15, -0.1) is 24.0 Å². The van der Waals surface area contributed by atoms with Gasteiger partial charge in [-0.25, -0.2) is 0 Å². The van der Waals surface area contributed by atoms with Crippen LogP contribution in [0.1, 0.15) is 16.7 Å². The van der Waals surface area contributed by atoms with Gasteiger partial charge in [-0.2, -0.15) is 5.26 Å². The Hall–Kier alpha value is -1.44. The van der Waals surface area contributed by atoms with Gasteiger partial charge in [0.05, 0.1) is 34.3 Å². The van der Waals surface area contributed by atoms with Crippen LogP contribution in [0.25, 0.3) is 0 Å². The van der Waals surface area contributed by atoms with Crippen LogP contribution in [0, 0.1) is 11.3 Å². The van der Waals surface area contributed by atoms with Crippen molar-refractivity contribution in [2.24, 2.45) is 0 Å². The lowest BCUT2D eigenvalue weighted by Crippen LogP contribution is -2.20. The van der Waals surface area contributed by atoms with Gasteiger partial charge in [0.2, 0.25) is 0 Å². The fourth-order valence-corrected chi connectivity index (χ4v) is 2.38. The van der Waals surface area contributed by atoms with E-state index in [1.165, 1.54) is 0 Å². The molecule has 2 rings (SSSR count). The summed E-state index contributed by atoms with van der Waals surface area (Å²) >= 11 is 11.7. The highest BCUT2D eigenvalue weighted by atomic mass is 35.5. The molecule has 0 amide bonds. The highest BCUT2D eigenvalue weighted by molar-refractivity contribution is 6.33. The number of rotatable bonds is 6. The van der Waals surface area contributed by atoms with E-state index in [0.717, 1.165) is 16.8 Å². The second-order valence-electron chi connectivity index (χ2n) is 4.99. The molecule has 2 N–H and O–H groups in total. The average molecular weight is 372 g/mol. The Kier molecular flexibility index (Phi) is 8.22. The fourth-order valence-electron chi connectivity index (χ4n) is 2.09. The Labute approximate surface area is 152 Å². The second kappa shape index (κ2) is 9.64. The smallest absolute Gasteiger partial charge is 0.0991 e. The first-order valence-corrected chi connectivity index (χ1v) is 7.79. The van der Waals surface area contributed by atoms with E-state index in [0.29, 0.717) is 23.6 Å². The summed E-state index contributed by atoms with van der Waals surface area (Å²) in [4.78, 5) is 0. The van der Waals surface area contributed by atoms with Crippen LogP contribution in [0.5, 0.6) is 0 Å². The molecule has 2 aromatic carbocycles. The molecule has 0 fully saturated rings. The molecular weight excluding hydrogens is 355 g/mol. The van der Waals surface area contributed by atoms with Crippen molar-refractivity contribution in [3.05, 3.63) is 64.2 Å². The highest BCUT2D eigenvalue weighted by Crippen LogP contribution is 2.24. The average Bonchev–Trinajstić information content (AvgIpc) is 2.55. The molecule has 1 unspecified atom stereocenters. The molecule has 0 bridgehead atoms. The fraction of sp³-hybridized carbons (Fsp3) is 0.235. The van der Waals surface area contributed by atoms with E-state index in [1.54, 1.807) is 6.07 Å². The highest BCUT2D eigenvalue weighted by Gasteiger charge is 2.06. The zero-order valence-electron chi connectivity index (χ0n) is 12.3. The number of anilines is 1. The Morgan fingerprint density at radius 1 is 1.17 bits per heavy atom. The van der Waals surface area contributed by atoms with Gasteiger partial charge in [-0.1, -0.05) is 29.8 Å². The maximum absolute atomic E-state index is 9.50. The quantitative estimate of drug-likeness (QED) is 0.747. The lowest BCUT2D eigenvalue weighted by atomic mass is 10.0. The van der Waals surface area contributed by atoms with Crippen molar-refractivity contribution in [3.63, 3.8) is 0 Å². The van der Waals surface area contributed by atoms with E-state index in [4.69, 9.17) is 28.5 Å². The lowest BCUT2D eigenvalue weighted by Gasteiger charge is -2.13. The maximum Gasteiger partial charge on any atom is 0.0991 e. The zero-order valence-corrected chi connectivity index (χ0v) is 14.6. The summed E-state index contributed by atoms with van der Waals surface area (Å²) in [6.07, 6.45) is 0.0908. The monoisotopic (exact) mass is 370 g/mol. The third kappa shape index (κ3) is 5.93. The van der Waals surface area contributed by atoms with Crippen molar-refractivity contribution in [3.8, 4) is 6.07 Å². The molecule has 23 heavy (non-hydrogen) atoms. The topological polar surface area (TPSA) is 56.0 Å². The van der Waals surface area contributed by atoms with Crippen LogP contribution in [0.3, 0.4) is 0 Å². The number of nitrogens with zero attached hydrogens (tertiary/aromatic N) is 1. The predicted molar refractivity (Wildman–Crippen MR) is 97.9 cm³/mol. The number of aliphatic hydroxyl groups is 1. The first kappa shape index (κ1) is 19.6. The van der Waals surface area contributed by atoms with Gasteiger partial charge in [0.1, 0.15) is 0 Å². The first-order valence-electron chi connectivity index (χ1n) is 6.87. The van der Waals surface area contributed by atoms with Crippen LogP contribution in [0.2, 0.25) is 5.02 Å². The first-order chi connectivity index (χ1) is 10.6. The van der Waals surface area contributed by atoms with Gasteiger partial charge in [0.15, 0.2) is 0 Å². The lowest BCUT2D eigenvalue weighted by molar-refractivity contribution is 0.211. The number of halogens is 3. The summed E-state index contributed by atoms with van der Waals surface area (Å²) in [6, 6.07) is 15.4. The van der Waals surface area contributed by atoms with Crippen molar-refractivity contribution < 1.29 is 5.11 Å². The van der Waals surface area contributed by atoms with Crippen LogP contribution in [0.4, 0.5) is 5.69 Å². The Bertz CT molecular complexity index is 686. The van der Waals surface area contributed by atoms with Crippen molar-refractivity contribution in [1.29, 1.82) is 5.26 Å². The van der Waals surface area contributed by atoms with Gasteiger partial charge in [0.25, 0.3) is 0 Å². The van der Waals surface area contributed by atoms with E-state index in [9.17, 15) is 5.11 Å². The maximum atomic E-state index is 9.50. The van der Waals surface area contributed by atoms with E-state index >= 15 is 0 Å². The summed E-state index contributed by atoms with van der Waals surface area (Å²) < 4.78 is 0. The molecule has 0 heterocycles. The number of alkyl halides is 1. The molecule has 0 radical (unpaired) electrons. The van der Waals surface area contributed by atoms with Crippen LogP contribution >= 0.6 is 35.6 Å². The Balaban J connectivity index is 0.00000264. The largest absolute Gasteiger partial charge is 0.390 e. The van der Waals surface area contributed by atoms with Gasteiger partial charge in [-0.3, -0.25) is 0 Å². The molecule has 0 aromatic heterocycles. The third-order valence-corrected chi connectivity index (χ3v) is 3.89. The number of aliphatic hydroxyl groups excluding tert-OH is 1. The van der Waals surface area contributed by atoms with Gasteiger partial charge < -0.3 is 10.4 Å². The molecule has 0 aliphatic carbocycles. The van der Waals surface area contributed by atoms with Crippen molar-refractivity contribution in [1.82, 2.24) is 0 Å². The summed E-state index contributed by atoms with van der Waals surface area (Å²) in [6.45, 7) is 0.344. The second-order valence-corrected chi connectivity index (χ2v) is 5.71. The van der Waals surface area contributed by atoms with Crippen molar-refractivity contribution in [2.75, 3.05) is 17.7 Å².